The highest BCUT2D eigenvalue weighted by Crippen LogP contribution is 2.28. The molecule has 0 fully saturated rings. The molecule has 1 heterocycles. The molecule has 0 atom stereocenters. The van der Waals surface area contributed by atoms with Crippen LogP contribution in [0, 0.1) is 11.6 Å². The summed E-state index contributed by atoms with van der Waals surface area (Å²) in [6.45, 7) is 3.23. The number of benzene rings is 1. The van der Waals surface area contributed by atoms with Gasteiger partial charge in [-0.15, -0.1) is 0 Å². The molecular formula is C25H34F2N2O6. The van der Waals surface area contributed by atoms with Crippen LogP contribution in [-0.4, -0.2) is 36.8 Å². The highest BCUT2D eigenvalue weighted by atomic mass is 19.1. The highest BCUT2D eigenvalue weighted by Gasteiger charge is 2.19. The van der Waals surface area contributed by atoms with E-state index in [1.54, 1.807) is 0 Å². The fourth-order valence-electron chi connectivity index (χ4n) is 3.64. The third-order valence-corrected chi connectivity index (χ3v) is 5.55. The second kappa shape index (κ2) is 15.0. The van der Waals surface area contributed by atoms with Crippen LogP contribution >= 0.6 is 0 Å². The van der Waals surface area contributed by atoms with Gasteiger partial charge >= 0.3 is 11.7 Å². The zero-order chi connectivity index (χ0) is 25.6. The van der Waals surface area contributed by atoms with Crippen LogP contribution in [0.5, 0.6) is 5.75 Å². The van der Waals surface area contributed by atoms with Crippen molar-refractivity contribution in [2.24, 2.45) is 0 Å². The van der Waals surface area contributed by atoms with Gasteiger partial charge in [0.25, 0.3) is 5.91 Å². The fourth-order valence-corrected chi connectivity index (χ4v) is 3.64. The van der Waals surface area contributed by atoms with Gasteiger partial charge in [0.05, 0.1) is 6.61 Å². The topological polar surface area (TPSA) is 118 Å². The minimum absolute atomic E-state index is 0.129. The first-order valence-electron chi connectivity index (χ1n) is 12.2. The molecule has 0 spiro atoms. The maximum atomic E-state index is 13.9. The van der Waals surface area contributed by atoms with Crippen molar-refractivity contribution >= 4 is 23.0 Å². The summed E-state index contributed by atoms with van der Waals surface area (Å²) < 4.78 is 37.2. The molecule has 1 aromatic heterocycles. The molecule has 2 aromatic rings. The van der Waals surface area contributed by atoms with E-state index in [4.69, 9.17) is 9.15 Å². The molecule has 10 heteroatoms. The number of aromatic hydroxyl groups is 1. The molecular weight excluding hydrogens is 462 g/mol. The minimum atomic E-state index is -1.38. The number of carbonyl (C=O) groups excluding carboxylic acids is 2. The van der Waals surface area contributed by atoms with E-state index >= 15 is 0 Å². The number of nitrogens with one attached hydrogen (secondary N) is 2. The van der Waals surface area contributed by atoms with Crippen LogP contribution in [0.2, 0.25) is 0 Å². The highest BCUT2D eigenvalue weighted by molar-refractivity contribution is 5.96. The first-order valence-corrected chi connectivity index (χ1v) is 12.2. The maximum absolute atomic E-state index is 13.9. The second-order valence-electron chi connectivity index (χ2n) is 8.34. The van der Waals surface area contributed by atoms with E-state index in [1.807, 2.05) is 6.92 Å². The summed E-state index contributed by atoms with van der Waals surface area (Å²) in [6, 6.07) is 1.86. The fraction of sp³-hybridized carbons (Fsp3) is 0.560. The first kappa shape index (κ1) is 28.1. The smallest absolute Gasteiger partial charge is 0.407 e. The summed E-state index contributed by atoms with van der Waals surface area (Å²) in [7, 11) is 0. The summed E-state index contributed by atoms with van der Waals surface area (Å²) >= 11 is 0. The largest absolute Gasteiger partial charge is 0.503 e. The number of alkyl carbamates (subject to hydrolysis) is 1. The standard InChI is InChI=1S/C25H34F2N2O6/c1-2-28-25(33)34-14-12-10-8-6-4-3-5-7-9-11-13-29-23(31)18-15-17-16-19(26)21(30)20(27)22(17)35-24(18)32/h15-16,30H,2-14H2,1H3,(H,28,33)(H,29,31). The van der Waals surface area contributed by atoms with E-state index in [1.165, 1.54) is 0 Å². The molecule has 194 valence electrons. The van der Waals surface area contributed by atoms with E-state index in [0.29, 0.717) is 19.7 Å². The molecule has 0 saturated heterocycles. The lowest BCUT2D eigenvalue weighted by Crippen LogP contribution is -2.29. The molecule has 3 N–H and O–H groups in total. The van der Waals surface area contributed by atoms with Crippen molar-refractivity contribution in [3.05, 3.63) is 39.8 Å². The van der Waals surface area contributed by atoms with E-state index in [0.717, 1.165) is 76.3 Å². The van der Waals surface area contributed by atoms with Crippen molar-refractivity contribution < 1.29 is 32.6 Å². The molecule has 2 amide bonds. The Hall–Kier alpha value is -3.17. The Labute approximate surface area is 203 Å². The van der Waals surface area contributed by atoms with Gasteiger partial charge in [-0.25, -0.2) is 14.0 Å². The molecule has 0 bridgehead atoms. The van der Waals surface area contributed by atoms with Crippen LogP contribution in [0.25, 0.3) is 11.0 Å². The molecule has 1 aromatic carbocycles. The average Bonchev–Trinajstić information content (AvgIpc) is 2.83. The molecule has 2 rings (SSSR count). The second-order valence-corrected chi connectivity index (χ2v) is 8.34. The molecule has 0 aliphatic carbocycles. The van der Waals surface area contributed by atoms with E-state index in [2.05, 4.69) is 10.6 Å². The number of hydrogen-bond donors (Lipinski definition) is 3. The molecule has 0 unspecified atom stereocenters. The van der Waals surface area contributed by atoms with Crippen molar-refractivity contribution in [2.45, 2.75) is 71.1 Å². The summed E-state index contributed by atoms with van der Waals surface area (Å²) in [5, 5.41) is 14.4. The number of phenols is 1. The van der Waals surface area contributed by atoms with Gasteiger partial charge in [0, 0.05) is 18.5 Å². The third-order valence-electron chi connectivity index (χ3n) is 5.55. The molecule has 35 heavy (non-hydrogen) atoms. The van der Waals surface area contributed by atoms with Crippen LogP contribution in [0.4, 0.5) is 13.6 Å². The zero-order valence-electron chi connectivity index (χ0n) is 20.1. The molecule has 0 radical (unpaired) electrons. The lowest BCUT2D eigenvalue weighted by atomic mass is 10.1. The van der Waals surface area contributed by atoms with Crippen molar-refractivity contribution in [1.82, 2.24) is 10.6 Å². The normalized spacial score (nSPS) is 10.9. The Morgan fingerprint density at radius 2 is 1.54 bits per heavy atom. The summed E-state index contributed by atoms with van der Waals surface area (Å²) in [4.78, 5) is 35.4. The SMILES string of the molecule is CCNC(=O)OCCCCCCCCCCCCNC(=O)c1cc2cc(F)c(O)c(F)c2oc1=O. The monoisotopic (exact) mass is 496 g/mol. The number of fused-ring (bicyclic) bond motifs is 1. The van der Waals surface area contributed by atoms with Crippen LogP contribution in [0.3, 0.4) is 0 Å². The average molecular weight is 497 g/mol. The van der Waals surface area contributed by atoms with Gasteiger partial charge in [0.15, 0.2) is 17.1 Å². The van der Waals surface area contributed by atoms with Crippen LogP contribution in [0.1, 0.15) is 81.5 Å². The molecule has 0 saturated carbocycles. The number of phenolic OH excluding ortho intramolecular Hbond substituents is 1. The molecule has 0 aliphatic rings. The minimum Gasteiger partial charge on any atom is -0.503 e. The van der Waals surface area contributed by atoms with E-state index in [9.17, 15) is 28.3 Å². The van der Waals surface area contributed by atoms with Crippen molar-refractivity contribution in [2.75, 3.05) is 19.7 Å². The van der Waals surface area contributed by atoms with Gasteiger partial charge in [-0.1, -0.05) is 51.4 Å². The summed E-state index contributed by atoms with van der Waals surface area (Å²) in [6.07, 6.45) is 9.94. The van der Waals surface area contributed by atoms with Gasteiger partial charge in [-0.3, -0.25) is 4.79 Å². The Kier molecular flexibility index (Phi) is 12.0. The van der Waals surface area contributed by atoms with Crippen LogP contribution < -0.4 is 16.3 Å². The van der Waals surface area contributed by atoms with Crippen molar-refractivity contribution in [1.29, 1.82) is 0 Å². The van der Waals surface area contributed by atoms with Gasteiger partial charge in [-0.2, -0.15) is 4.39 Å². The van der Waals surface area contributed by atoms with E-state index in [-0.39, 0.29) is 17.0 Å². The van der Waals surface area contributed by atoms with Crippen LogP contribution in [0.15, 0.2) is 21.3 Å². The number of halogens is 2. The van der Waals surface area contributed by atoms with Crippen molar-refractivity contribution in [3.63, 3.8) is 0 Å². The van der Waals surface area contributed by atoms with Gasteiger partial charge in [0.2, 0.25) is 5.82 Å². The lowest BCUT2D eigenvalue weighted by molar-refractivity contribution is 0.0949. The predicted molar refractivity (Wildman–Crippen MR) is 128 cm³/mol. The number of amides is 2. The van der Waals surface area contributed by atoms with E-state index < -0.39 is 34.5 Å². The Balaban J connectivity index is 1.55. The Morgan fingerprint density at radius 3 is 2.17 bits per heavy atom. The summed E-state index contributed by atoms with van der Waals surface area (Å²) in [5.74, 6) is -4.51. The Morgan fingerprint density at radius 1 is 0.943 bits per heavy atom. The first-order chi connectivity index (χ1) is 16.8. The van der Waals surface area contributed by atoms with Crippen LogP contribution in [-0.2, 0) is 4.74 Å². The number of unbranched alkanes of at least 4 members (excludes halogenated alkanes) is 9. The molecule has 8 nitrogen and oxygen atoms in total. The Bertz CT molecular complexity index is 1040. The van der Waals surface area contributed by atoms with Crippen molar-refractivity contribution in [3.8, 4) is 5.75 Å². The maximum Gasteiger partial charge on any atom is 0.407 e. The lowest BCUT2D eigenvalue weighted by Gasteiger charge is -2.07. The predicted octanol–water partition coefficient (Wildman–Crippen LogP) is 5.15. The molecule has 0 aliphatic heterocycles. The number of hydrogen-bond acceptors (Lipinski definition) is 6. The number of carbonyl (C=O) groups is 2. The summed E-state index contributed by atoms with van der Waals surface area (Å²) in [5.41, 5.74) is -2.01. The third kappa shape index (κ3) is 9.18. The quantitative estimate of drug-likeness (QED) is 0.232. The van der Waals surface area contributed by atoms with Gasteiger partial charge in [0.1, 0.15) is 5.56 Å². The van der Waals surface area contributed by atoms with Gasteiger partial charge in [-0.05, 0) is 31.9 Å². The number of ether oxygens (including phenoxy) is 1. The van der Waals surface area contributed by atoms with Gasteiger partial charge < -0.3 is 24.9 Å². The zero-order valence-corrected chi connectivity index (χ0v) is 20.1. The number of rotatable bonds is 15.